The Morgan fingerprint density at radius 2 is 1.32 bits per heavy atom. The third kappa shape index (κ3) is 2.74. The number of rotatable bonds is 3. The lowest BCUT2D eigenvalue weighted by Gasteiger charge is -2.31. The standard InChI is InChI=1S/C23H20FN/c1-16(2)25(19-13-11-18(24)12-14-19)23-15-17-7-3-4-8-20(17)21-9-5-6-10-22(21)23/h3-16H,1-2H3. The number of hydrogen-bond acceptors (Lipinski definition) is 1. The summed E-state index contributed by atoms with van der Waals surface area (Å²) >= 11 is 0. The van der Waals surface area contributed by atoms with Gasteiger partial charge in [-0.2, -0.15) is 0 Å². The summed E-state index contributed by atoms with van der Waals surface area (Å²) in [6.07, 6.45) is 0. The van der Waals surface area contributed by atoms with Gasteiger partial charge in [-0.15, -0.1) is 0 Å². The molecule has 1 nitrogen and oxygen atoms in total. The maximum Gasteiger partial charge on any atom is 0.123 e. The largest absolute Gasteiger partial charge is 0.338 e. The first-order valence-corrected chi connectivity index (χ1v) is 8.60. The van der Waals surface area contributed by atoms with Crippen molar-refractivity contribution >= 4 is 32.9 Å². The molecule has 0 radical (unpaired) electrons. The number of fused-ring (bicyclic) bond motifs is 3. The number of halogens is 1. The molecule has 0 aliphatic carbocycles. The van der Waals surface area contributed by atoms with Crippen LogP contribution >= 0.6 is 0 Å². The normalized spacial score (nSPS) is 11.4. The molecule has 0 aromatic heterocycles. The molecule has 0 N–H and O–H groups in total. The average Bonchev–Trinajstić information content (AvgIpc) is 2.63. The fourth-order valence-electron chi connectivity index (χ4n) is 3.55. The van der Waals surface area contributed by atoms with Crippen molar-refractivity contribution in [3.8, 4) is 0 Å². The molecule has 4 rings (SSSR count). The highest BCUT2D eigenvalue weighted by Crippen LogP contribution is 2.38. The number of anilines is 2. The van der Waals surface area contributed by atoms with Crippen LogP contribution in [0.25, 0.3) is 21.5 Å². The van der Waals surface area contributed by atoms with E-state index in [0.717, 1.165) is 11.4 Å². The summed E-state index contributed by atoms with van der Waals surface area (Å²) in [4.78, 5) is 2.27. The van der Waals surface area contributed by atoms with Crippen LogP contribution in [0.5, 0.6) is 0 Å². The van der Waals surface area contributed by atoms with Gasteiger partial charge in [0.2, 0.25) is 0 Å². The van der Waals surface area contributed by atoms with E-state index in [1.54, 1.807) is 0 Å². The van der Waals surface area contributed by atoms with Crippen molar-refractivity contribution in [1.29, 1.82) is 0 Å². The second-order valence-corrected chi connectivity index (χ2v) is 6.60. The smallest absolute Gasteiger partial charge is 0.123 e. The predicted molar refractivity (Wildman–Crippen MR) is 105 cm³/mol. The zero-order valence-corrected chi connectivity index (χ0v) is 14.4. The van der Waals surface area contributed by atoms with Gasteiger partial charge in [-0.25, -0.2) is 4.39 Å². The molecule has 0 spiro atoms. The SMILES string of the molecule is CC(C)N(c1ccc(F)cc1)c1cc2ccccc2c2ccccc12. The van der Waals surface area contributed by atoms with Gasteiger partial charge in [0.15, 0.2) is 0 Å². The van der Waals surface area contributed by atoms with E-state index in [9.17, 15) is 4.39 Å². The van der Waals surface area contributed by atoms with Gasteiger partial charge in [-0.3, -0.25) is 0 Å². The summed E-state index contributed by atoms with van der Waals surface area (Å²) in [6, 6.07) is 26.2. The fraction of sp³-hybridized carbons (Fsp3) is 0.130. The van der Waals surface area contributed by atoms with Crippen LogP contribution in [0.2, 0.25) is 0 Å². The van der Waals surface area contributed by atoms with Crippen LogP contribution in [0.1, 0.15) is 13.8 Å². The molecule has 0 unspecified atom stereocenters. The summed E-state index contributed by atoms with van der Waals surface area (Å²) in [7, 11) is 0. The monoisotopic (exact) mass is 329 g/mol. The van der Waals surface area contributed by atoms with Crippen molar-refractivity contribution in [2.75, 3.05) is 4.90 Å². The van der Waals surface area contributed by atoms with Gasteiger partial charge in [0.25, 0.3) is 0 Å². The molecular formula is C23H20FN. The predicted octanol–water partition coefficient (Wildman–Crippen LogP) is 6.68. The summed E-state index contributed by atoms with van der Waals surface area (Å²) in [5.41, 5.74) is 2.15. The highest BCUT2D eigenvalue weighted by Gasteiger charge is 2.17. The Morgan fingerprint density at radius 1 is 0.720 bits per heavy atom. The zero-order chi connectivity index (χ0) is 17.4. The highest BCUT2D eigenvalue weighted by molar-refractivity contribution is 6.13. The lowest BCUT2D eigenvalue weighted by molar-refractivity contribution is 0.627. The summed E-state index contributed by atoms with van der Waals surface area (Å²) < 4.78 is 13.4. The van der Waals surface area contributed by atoms with Crippen LogP contribution in [0.15, 0.2) is 78.9 Å². The van der Waals surface area contributed by atoms with Crippen LogP contribution in [-0.4, -0.2) is 6.04 Å². The van der Waals surface area contributed by atoms with E-state index in [1.165, 1.54) is 33.7 Å². The fourth-order valence-corrected chi connectivity index (χ4v) is 3.55. The molecule has 0 fully saturated rings. The van der Waals surface area contributed by atoms with E-state index in [1.807, 2.05) is 12.1 Å². The summed E-state index contributed by atoms with van der Waals surface area (Å²) in [6.45, 7) is 4.32. The Labute approximate surface area is 147 Å². The highest BCUT2D eigenvalue weighted by atomic mass is 19.1. The molecule has 0 saturated heterocycles. The van der Waals surface area contributed by atoms with Gasteiger partial charge < -0.3 is 4.90 Å². The average molecular weight is 329 g/mol. The molecule has 4 aromatic rings. The number of nitrogens with zero attached hydrogens (tertiary/aromatic N) is 1. The third-order valence-corrected chi connectivity index (χ3v) is 4.63. The third-order valence-electron chi connectivity index (χ3n) is 4.63. The van der Waals surface area contributed by atoms with Crippen molar-refractivity contribution in [3.63, 3.8) is 0 Å². The van der Waals surface area contributed by atoms with Gasteiger partial charge in [-0.05, 0) is 60.3 Å². The van der Waals surface area contributed by atoms with Gasteiger partial charge in [0.1, 0.15) is 5.82 Å². The van der Waals surface area contributed by atoms with E-state index in [0.29, 0.717) is 0 Å². The Morgan fingerprint density at radius 3 is 2.00 bits per heavy atom. The summed E-state index contributed by atoms with van der Waals surface area (Å²) in [5, 5.41) is 4.91. The first-order chi connectivity index (χ1) is 12.1. The van der Waals surface area contributed by atoms with Gasteiger partial charge in [-0.1, -0.05) is 48.5 Å². The molecular weight excluding hydrogens is 309 g/mol. The quantitative estimate of drug-likeness (QED) is 0.379. The van der Waals surface area contributed by atoms with E-state index in [2.05, 4.69) is 73.3 Å². The lowest BCUT2D eigenvalue weighted by atomic mass is 9.99. The molecule has 124 valence electrons. The Kier molecular flexibility index (Phi) is 3.89. The number of hydrogen-bond donors (Lipinski definition) is 0. The molecule has 0 heterocycles. The molecule has 0 saturated carbocycles. The molecule has 0 aliphatic heterocycles. The van der Waals surface area contributed by atoms with Crippen molar-refractivity contribution in [1.82, 2.24) is 0 Å². The molecule has 0 amide bonds. The van der Waals surface area contributed by atoms with Crippen LogP contribution in [0, 0.1) is 5.82 Å². The van der Waals surface area contributed by atoms with Crippen molar-refractivity contribution in [2.24, 2.45) is 0 Å². The first kappa shape index (κ1) is 15.6. The van der Waals surface area contributed by atoms with E-state index in [4.69, 9.17) is 0 Å². The van der Waals surface area contributed by atoms with Crippen LogP contribution in [0.4, 0.5) is 15.8 Å². The Balaban J connectivity index is 2.03. The molecule has 2 heteroatoms. The van der Waals surface area contributed by atoms with Gasteiger partial charge in [0, 0.05) is 22.8 Å². The van der Waals surface area contributed by atoms with Gasteiger partial charge in [0.05, 0.1) is 0 Å². The van der Waals surface area contributed by atoms with Crippen molar-refractivity contribution in [2.45, 2.75) is 19.9 Å². The zero-order valence-electron chi connectivity index (χ0n) is 14.4. The molecule has 25 heavy (non-hydrogen) atoms. The van der Waals surface area contributed by atoms with Gasteiger partial charge >= 0.3 is 0 Å². The topological polar surface area (TPSA) is 3.24 Å². The lowest BCUT2D eigenvalue weighted by Crippen LogP contribution is -2.25. The minimum atomic E-state index is -0.212. The second kappa shape index (κ2) is 6.21. The minimum absolute atomic E-state index is 0.212. The maximum atomic E-state index is 13.4. The van der Waals surface area contributed by atoms with Crippen LogP contribution in [-0.2, 0) is 0 Å². The molecule has 0 atom stereocenters. The van der Waals surface area contributed by atoms with Crippen molar-refractivity contribution < 1.29 is 4.39 Å². The second-order valence-electron chi connectivity index (χ2n) is 6.60. The molecule has 0 bridgehead atoms. The minimum Gasteiger partial charge on any atom is -0.338 e. The Bertz CT molecular complexity index is 1030. The van der Waals surface area contributed by atoms with E-state index in [-0.39, 0.29) is 11.9 Å². The maximum absolute atomic E-state index is 13.4. The van der Waals surface area contributed by atoms with Crippen LogP contribution < -0.4 is 4.90 Å². The first-order valence-electron chi connectivity index (χ1n) is 8.60. The van der Waals surface area contributed by atoms with E-state index >= 15 is 0 Å². The molecule has 4 aromatic carbocycles. The van der Waals surface area contributed by atoms with E-state index < -0.39 is 0 Å². The Hall–Kier alpha value is -2.87. The van der Waals surface area contributed by atoms with Crippen molar-refractivity contribution in [3.05, 3.63) is 84.7 Å². The van der Waals surface area contributed by atoms with Crippen LogP contribution in [0.3, 0.4) is 0 Å². The number of benzene rings is 4. The molecule has 0 aliphatic rings. The summed E-state index contributed by atoms with van der Waals surface area (Å²) in [5.74, 6) is -0.212.